The van der Waals surface area contributed by atoms with Gasteiger partial charge in [0.2, 0.25) is 0 Å². The topological polar surface area (TPSA) is 0 Å². The molecule has 0 radical (unpaired) electrons. The largest absolute Gasteiger partial charge is 0.206 e. The Hall–Kier alpha value is -0.640. The summed E-state index contributed by atoms with van der Waals surface area (Å²) >= 11 is 15.0. The van der Waals surface area contributed by atoms with Gasteiger partial charge in [-0.3, -0.25) is 0 Å². The SMILES string of the molecule is Fc1cc(Br)cc(F)c1C(Cl)Cc1cccc(Cl)c1. The highest BCUT2D eigenvalue weighted by molar-refractivity contribution is 9.10. The lowest BCUT2D eigenvalue weighted by Gasteiger charge is -2.12. The third kappa shape index (κ3) is 3.68. The maximum Gasteiger partial charge on any atom is 0.131 e. The van der Waals surface area contributed by atoms with Crippen LogP contribution in [0.5, 0.6) is 0 Å². The van der Waals surface area contributed by atoms with Gasteiger partial charge in [0.15, 0.2) is 0 Å². The fourth-order valence-corrected chi connectivity index (χ4v) is 2.83. The Morgan fingerprint density at radius 1 is 1.11 bits per heavy atom. The standard InChI is InChI=1S/C14H9BrCl2F2/c15-9-6-12(18)14(13(19)7-9)11(17)5-8-2-1-3-10(16)4-8/h1-4,6-7,11H,5H2. The Labute approximate surface area is 128 Å². The molecular formula is C14H9BrCl2F2. The number of hydrogen-bond acceptors (Lipinski definition) is 0. The van der Waals surface area contributed by atoms with Gasteiger partial charge < -0.3 is 0 Å². The molecule has 0 heterocycles. The summed E-state index contributed by atoms with van der Waals surface area (Å²) in [6.45, 7) is 0. The first kappa shape index (κ1) is 14.8. The summed E-state index contributed by atoms with van der Waals surface area (Å²) in [6.07, 6.45) is 0.303. The quantitative estimate of drug-likeness (QED) is 0.593. The highest BCUT2D eigenvalue weighted by Crippen LogP contribution is 2.31. The summed E-state index contributed by atoms with van der Waals surface area (Å²) in [5.74, 6) is -1.32. The molecule has 0 bridgehead atoms. The molecule has 0 nitrogen and oxygen atoms in total. The van der Waals surface area contributed by atoms with Crippen molar-refractivity contribution in [3.63, 3.8) is 0 Å². The van der Waals surface area contributed by atoms with E-state index in [1.54, 1.807) is 18.2 Å². The van der Waals surface area contributed by atoms with Crippen molar-refractivity contribution >= 4 is 39.1 Å². The second kappa shape index (κ2) is 6.21. The van der Waals surface area contributed by atoms with Crippen molar-refractivity contribution < 1.29 is 8.78 Å². The van der Waals surface area contributed by atoms with E-state index in [1.165, 1.54) is 12.1 Å². The van der Waals surface area contributed by atoms with E-state index < -0.39 is 17.0 Å². The Morgan fingerprint density at radius 3 is 2.32 bits per heavy atom. The number of hydrogen-bond donors (Lipinski definition) is 0. The van der Waals surface area contributed by atoms with E-state index >= 15 is 0 Å². The Balaban J connectivity index is 2.28. The average Bonchev–Trinajstić information content (AvgIpc) is 2.27. The molecule has 0 amide bonds. The van der Waals surface area contributed by atoms with Crippen LogP contribution in [-0.2, 0) is 6.42 Å². The zero-order chi connectivity index (χ0) is 14.0. The maximum absolute atomic E-state index is 13.8. The van der Waals surface area contributed by atoms with E-state index in [-0.39, 0.29) is 5.56 Å². The van der Waals surface area contributed by atoms with E-state index in [0.717, 1.165) is 5.56 Å². The van der Waals surface area contributed by atoms with Gasteiger partial charge in [-0.1, -0.05) is 39.7 Å². The van der Waals surface area contributed by atoms with Gasteiger partial charge in [-0.2, -0.15) is 0 Å². The van der Waals surface area contributed by atoms with E-state index in [2.05, 4.69) is 15.9 Å². The van der Waals surface area contributed by atoms with Crippen molar-refractivity contribution in [3.05, 3.63) is 68.7 Å². The molecule has 5 heteroatoms. The third-order valence-corrected chi connectivity index (χ3v) is 3.73. The molecule has 1 unspecified atom stereocenters. The summed E-state index contributed by atoms with van der Waals surface area (Å²) < 4.78 is 27.9. The van der Waals surface area contributed by atoms with E-state index in [4.69, 9.17) is 23.2 Å². The van der Waals surface area contributed by atoms with Crippen molar-refractivity contribution in [2.24, 2.45) is 0 Å². The number of benzene rings is 2. The Bertz CT molecular complexity index is 579. The summed E-state index contributed by atoms with van der Waals surface area (Å²) in [6, 6.07) is 9.45. The minimum absolute atomic E-state index is 0.121. The predicted octanol–water partition coefficient (Wildman–Crippen LogP) is 5.90. The second-order valence-electron chi connectivity index (χ2n) is 4.08. The normalized spacial score (nSPS) is 12.5. The van der Waals surface area contributed by atoms with Crippen molar-refractivity contribution in [2.75, 3.05) is 0 Å². The number of rotatable bonds is 3. The van der Waals surface area contributed by atoms with Crippen LogP contribution in [0.3, 0.4) is 0 Å². The molecule has 19 heavy (non-hydrogen) atoms. The van der Waals surface area contributed by atoms with E-state index in [9.17, 15) is 8.78 Å². The third-order valence-electron chi connectivity index (χ3n) is 2.66. The van der Waals surface area contributed by atoms with Gasteiger partial charge in [0.25, 0.3) is 0 Å². The molecule has 0 aromatic heterocycles. The number of halogens is 5. The van der Waals surface area contributed by atoms with Crippen LogP contribution in [0, 0.1) is 11.6 Å². The van der Waals surface area contributed by atoms with Crippen LogP contribution in [0.4, 0.5) is 8.78 Å². The van der Waals surface area contributed by atoms with Crippen LogP contribution in [-0.4, -0.2) is 0 Å². The lowest BCUT2D eigenvalue weighted by Crippen LogP contribution is -2.03. The van der Waals surface area contributed by atoms with Gasteiger partial charge in [0.05, 0.1) is 5.38 Å². The molecule has 0 aliphatic heterocycles. The predicted molar refractivity (Wildman–Crippen MR) is 77.8 cm³/mol. The summed E-state index contributed by atoms with van der Waals surface area (Å²) in [5, 5.41) is -0.218. The first-order valence-electron chi connectivity index (χ1n) is 5.50. The zero-order valence-electron chi connectivity index (χ0n) is 9.64. The molecule has 0 aliphatic rings. The molecule has 1 atom stereocenters. The first-order valence-corrected chi connectivity index (χ1v) is 7.11. The molecule has 100 valence electrons. The summed E-state index contributed by atoms with van der Waals surface area (Å²) in [5.41, 5.74) is 0.707. The maximum atomic E-state index is 13.8. The molecule has 2 aromatic rings. The molecule has 0 saturated carbocycles. The van der Waals surface area contributed by atoms with Gasteiger partial charge in [0, 0.05) is 15.1 Å². The fourth-order valence-electron chi connectivity index (χ4n) is 1.83. The lowest BCUT2D eigenvalue weighted by molar-refractivity contribution is 0.549. The van der Waals surface area contributed by atoms with Gasteiger partial charge in [-0.25, -0.2) is 8.78 Å². The molecule has 0 N–H and O–H groups in total. The van der Waals surface area contributed by atoms with Crippen LogP contribution < -0.4 is 0 Å². The van der Waals surface area contributed by atoms with Gasteiger partial charge in [-0.05, 0) is 36.2 Å². The second-order valence-corrected chi connectivity index (χ2v) is 5.96. The molecular weight excluding hydrogens is 357 g/mol. The number of alkyl halides is 1. The first-order chi connectivity index (χ1) is 8.97. The van der Waals surface area contributed by atoms with E-state index in [0.29, 0.717) is 15.9 Å². The van der Waals surface area contributed by atoms with Crippen LogP contribution in [0.25, 0.3) is 0 Å². The highest BCUT2D eigenvalue weighted by atomic mass is 79.9. The average molecular weight is 366 g/mol. The Morgan fingerprint density at radius 2 is 1.74 bits per heavy atom. The van der Waals surface area contributed by atoms with Crippen molar-refractivity contribution in [2.45, 2.75) is 11.8 Å². The molecule has 2 aromatic carbocycles. The van der Waals surface area contributed by atoms with Gasteiger partial charge in [-0.15, -0.1) is 11.6 Å². The molecule has 0 aliphatic carbocycles. The minimum atomic E-state index is -0.786. The van der Waals surface area contributed by atoms with Crippen molar-refractivity contribution in [1.29, 1.82) is 0 Å². The highest BCUT2D eigenvalue weighted by Gasteiger charge is 2.19. The van der Waals surface area contributed by atoms with Crippen molar-refractivity contribution in [1.82, 2.24) is 0 Å². The van der Waals surface area contributed by atoms with Gasteiger partial charge in [0.1, 0.15) is 11.6 Å². The van der Waals surface area contributed by atoms with Crippen LogP contribution >= 0.6 is 39.1 Å². The molecule has 2 rings (SSSR count). The van der Waals surface area contributed by atoms with Crippen molar-refractivity contribution in [3.8, 4) is 0 Å². The molecule has 0 saturated heterocycles. The summed E-state index contributed by atoms with van der Waals surface area (Å²) in [7, 11) is 0. The lowest BCUT2D eigenvalue weighted by atomic mass is 10.0. The van der Waals surface area contributed by atoms with Gasteiger partial charge >= 0.3 is 0 Å². The smallest absolute Gasteiger partial charge is 0.131 e. The van der Waals surface area contributed by atoms with Crippen LogP contribution in [0.15, 0.2) is 40.9 Å². The fraction of sp³-hybridized carbons (Fsp3) is 0.143. The zero-order valence-corrected chi connectivity index (χ0v) is 12.7. The monoisotopic (exact) mass is 364 g/mol. The Kier molecular flexibility index (Phi) is 4.82. The summed E-state index contributed by atoms with van der Waals surface area (Å²) in [4.78, 5) is 0. The minimum Gasteiger partial charge on any atom is -0.206 e. The molecule has 0 fully saturated rings. The molecule has 0 spiro atoms. The van der Waals surface area contributed by atoms with Crippen LogP contribution in [0.1, 0.15) is 16.5 Å². The van der Waals surface area contributed by atoms with E-state index in [1.807, 2.05) is 6.07 Å². The van der Waals surface area contributed by atoms with Crippen LogP contribution in [0.2, 0.25) is 5.02 Å².